The topological polar surface area (TPSA) is 71.4 Å². The van der Waals surface area contributed by atoms with Crippen molar-refractivity contribution in [3.63, 3.8) is 0 Å². The van der Waals surface area contributed by atoms with E-state index in [2.05, 4.69) is 39.2 Å². The summed E-state index contributed by atoms with van der Waals surface area (Å²) in [6.07, 6.45) is 5.95. The van der Waals surface area contributed by atoms with Crippen molar-refractivity contribution in [3.05, 3.63) is 30.4 Å². The molecule has 2 rings (SSSR count). The smallest absolute Gasteiger partial charge is 0.138 e. The first-order valence-electron chi connectivity index (χ1n) is 5.77. The maximum absolute atomic E-state index is 4.31. The molecule has 0 aliphatic heterocycles. The third kappa shape index (κ3) is 2.52. The van der Waals surface area contributed by atoms with Gasteiger partial charge in [-0.2, -0.15) is 5.10 Å². The summed E-state index contributed by atoms with van der Waals surface area (Å²) in [7, 11) is 1.92. The Morgan fingerprint density at radius 2 is 2.24 bits per heavy atom. The number of nitrogens with one attached hydrogen (secondary N) is 2. The molecule has 92 valence electrons. The van der Waals surface area contributed by atoms with Crippen LogP contribution < -0.4 is 5.32 Å². The zero-order chi connectivity index (χ0) is 12.3. The van der Waals surface area contributed by atoms with Gasteiger partial charge in [-0.1, -0.05) is 0 Å². The van der Waals surface area contributed by atoms with Gasteiger partial charge in [0.05, 0.1) is 6.04 Å². The summed E-state index contributed by atoms with van der Waals surface area (Å²) in [6.45, 7) is 4.19. The number of rotatable bonds is 5. The van der Waals surface area contributed by atoms with Crippen molar-refractivity contribution in [2.75, 3.05) is 7.05 Å². The maximum atomic E-state index is 4.31. The van der Waals surface area contributed by atoms with Gasteiger partial charge in [0.15, 0.2) is 0 Å². The molecule has 0 saturated carbocycles. The minimum absolute atomic E-state index is 0.131. The van der Waals surface area contributed by atoms with Gasteiger partial charge in [-0.3, -0.25) is 0 Å². The lowest BCUT2D eigenvalue weighted by Crippen LogP contribution is -2.22. The lowest BCUT2D eigenvalue weighted by atomic mass is 10.2. The lowest BCUT2D eigenvalue weighted by molar-refractivity contribution is 0.471. The van der Waals surface area contributed by atoms with Crippen LogP contribution >= 0.6 is 0 Å². The molecule has 6 heteroatoms. The average Bonchev–Trinajstić information content (AvgIpc) is 2.96. The van der Waals surface area contributed by atoms with Crippen LogP contribution in [-0.4, -0.2) is 31.8 Å². The minimum atomic E-state index is 0.131. The first kappa shape index (κ1) is 11.8. The zero-order valence-electron chi connectivity index (χ0n) is 10.4. The predicted octanol–water partition coefficient (Wildman–Crippen LogP) is 1.09. The van der Waals surface area contributed by atoms with Crippen LogP contribution in [0.3, 0.4) is 0 Å². The molecule has 0 amide bonds. The molecule has 0 bridgehead atoms. The van der Waals surface area contributed by atoms with Crippen LogP contribution in [0.15, 0.2) is 18.7 Å². The van der Waals surface area contributed by atoms with Crippen LogP contribution in [0.1, 0.15) is 37.6 Å². The molecular formula is C11H18N6. The van der Waals surface area contributed by atoms with Crippen LogP contribution in [0, 0.1) is 0 Å². The van der Waals surface area contributed by atoms with E-state index in [0.717, 1.165) is 18.1 Å². The number of H-pyrrole nitrogens is 1. The highest BCUT2D eigenvalue weighted by molar-refractivity contribution is 5.01. The van der Waals surface area contributed by atoms with Gasteiger partial charge < -0.3 is 10.3 Å². The molecule has 0 radical (unpaired) electrons. The normalized spacial score (nSPS) is 13.2. The van der Waals surface area contributed by atoms with Crippen LogP contribution in [0.5, 0.6) is 0 Å². The van der Waals surface area contributed by atoms with Crippen molar-refractivity contribution in [1.82, 2.24) is 30.0 Å². The number of imidazole rings is 1. The fourth-order valence-electron chi connectivity index (χ4n) is 1.84. The number of likely N-dealkylation sites (N-methyl/N-ethyl adjacent to an activating group) is 1. The molecule has 1 atom stereocenters. The summed E-state index contributed by atoms with van der Waals surface area (Å²) >= 11 is 0. The Hall–Kier alpha value is -1.69. The molecule has 0 spiro atoms. The van der Waals surface area contributed by atoms with E-state index in [9.17, 15) is 0 Å². The second-order valence-electron chi connectivity index (χ2n) is 4.23. The molecule has 2 aromatic rings. The summed E-state index contributed by atoms with van der Waals surface area (Å²) in [5.74, 6) is 1.89. The van der Waals surface area contributed by atoms with Crippen molar-refractivity contribution in [3.8, 4) is 0 Å². The Morgan fingerprint density at radius 3 is 2.82 bits per heavy atom. The minimum Gasteiger partial charge on any atom is -0.347 e. The quantitative estimate of drug-likeness (QED) is 0.812. The molecule has 2 heterocycles. The molecule has 6 nitrogen and oxygen atoms in total. The van der Waals surface area contributed by atoms with Gasteiger partial charge in [-0.25, -0.2) is 14.6 Å². The highest BCUT2D eigenvalue weighted by Gasteiger charge is 2.17. The van der Waals surface area contributed by atoms with E-state index >= 15 is 0 Å². The monoisotopic (exact) mass is 234 g/mol. The van der Waals surface area contributed by atoms with Gasteiger partial charge in [0.1, 0.15) is 18.0 Å². The molecule has 0 aromatic carbocycles. The summed E-state index contributed by atoms with van der Waals surface area (Å²) in [4.78, 5) is 11.7. The van der Waals surface area contributed by atoms with Crippen LogP contribution in [0.4, 0.5) is 0 Å². The Labute approximate surface area is 100 Å². The fraction of sp³-hybridized carbons (Fsp3) is 0.545. The van der Waals surface area contributed by atoms with Gasteiger partial charge in [-0.15, -0.1) is 0 Å². The second-order valence-corrected chi connectivity index (χ2v) is 4.23. The van der Waals surface area contributed by atoms with Gasteiger partial charge in [-0.05, 0) is 20.9 Å². The second kappa shape index (κ2) is 5.09. The van der Waals surface area contributed by atoms with Gasteiger partial charge >= 0.3 is 0 Å². The number of aromatic nitrogens is 5. The van der Waals surface area contributed by atoms with Crippen LogP contribution in [0.25, 0.3) is 0 Å². The van der Waals surface area contributed by atoms with Crippen LogP contribution in [0.2, 0.25) is 0 Å². The summed E-state index contributed by atoms with van der Waals surface area (Å²) in [5, 5.41) is 7.47. The van der Waals surface area contributed by atoms with E-state index in [1.165, 1.54) is 0 Å². The third-order valence-electron chi connectivity index (χ3n) is 2.72. The van der Waals surface area contributed by atoms with Crippen molar-refractivity contribution in [2.45, 2.75) is 32.4 Å². The Kier molecular flexibility index (Phi) is 3.53. The third-order valence-corrected chi connectivity index (χ3v) is 2.72. The van der Waals surface area contributed by atoms with E-state index in [1.54, 1.807) is 12.5 Å². The highest BCUT2D eigenvalue weighted by Crippen LogP contribution is 2.15. The van der Waals surface area contributed by atoms with Crippen LogP contribution in [-0.2, 0) is 6.42 Å². The first-order valence-corrected chi connectivity index (χ1v) is 5.77. The van der Waals surface area contributed by atoms with E-state index in [1.807, 2.05) is 17.9 Å². The van der Waals surface area contributed by atoms with E-state index in [-0.39, 0.29) is 6.04 Å². The fourth-order valence-corrected chi connectivity index (χ4v) is 1.84. The highest BCUT2D eigenvalue weighted by atomic mass is 15.3. The van der Waals surface area contributed by atoms with E-state index in [4.69, 9.17) is 0 Å². The number of aromatic amines is 1. The SMILES string of the molecule is CNC(Cc1ncnn1C(C)C)c1ncc[nH]1. The molecule has 0 saturated heterocycles. The molecule has 2 aromatic heterocycles. The molecule has 0 aliphatic rings. The molecule has 2 N–H and O–H groups in total. The van der Waals surface area contributed by atoms with Crippen molar-refractivity contribution >= 4 is 0 Å². The molecule has 1 unspecified atom stereocenters. The summed E-state index contributed by atoms with van der Waals surface area (Å²) in [6, 6.07) is 0.452. The van der Waals surface area contributed by atoms with Gasteiger partial charge in [0, 0.05) is 24.9 Å². The predicted molar refractivity (Wildman–Crippen MR) is 64.5 cm³/mol. The van der Waals surface area contributed by atoms with Gasteiger partial charge in [0.2, 0.25) is 0 Å². The van der Waals surface area contributed by atoms with Crippen molar-refractivity contribution in [1.29, 1.82) is 0 Å². The summed E-state index contributed by atoms with van der Waals surface area (Å²) in [5.41, 5.74) is 0. The molecule has 17 heavy (non-hydrogen) atoms. The zero-order valence-corrected chi connectivity index (χ0v) is 10.4. The number of hydrogen-bond acceptors (Lipinski definition) is 4. The molecular weight excluding hydrogens is 216 g/mol. The number of hydrogen-bond donors (Lipinski definition) is 2. The Balaban J connectivity index is 2.16. The summed E-state index contributed by atoms with van der Waals surface area (Å²) < 4.78 is 1.94. The van der Waals surface area contributed by atoms with Crippen molar-refractivity contribution in [2.24, 2.45) is 0 Å². The van der Waals surface area contributed by atoms with Crippen molar-refractivity contribution < 1.29 is 0 Å². The standard InChI is InChI=1S/C11H18N6/c1-8(2)17-10(15-7-16-17)6-9(12-3)11-13-4-5-14-11/h4-5,7-9,12H,6H2,1-3H3,(H,13,14). The van der Waals surface area contributed by atoms with Gasteiger partial charge in [0.25, 0.3) is 0 Å². The maximum Gasteiger partial charge on any atom is 0.138 e. The Bertz CT molecular complexity index is 444. The Morgan fingerprint density at radius 1 is 1.41 bits per heavy atom. The number of nitrogens with zero attached hydrogens (tertiary/aromatic N) is 4. The average molecular weight is 234 g/mol. The van der Waals surface area contributed by atoms with E-state index in [0.29, 0.717) is 6.04 Å². The largest absolute Gasteiger partial charge is 0.347 e. The molecule has 0 aliphatic carbocycles. The molecule has 0 fully saturated rings. The van der Waals surface area contributed by atoms with E-state index < -0.39 is 0 Å². The first-order chi connectivity index (χ1) is 8.22. The lowest BCUT2D eigenvalue weighted by Gasteiger charge is -2.15.